The third-order valence-electron chi connectivity index (χ3n) is 3.47. The molecular formula is C14H10BrClN6OS. The maximum Gasteiger partial charge on any atom is 0.235 e. The topological polar surface area (TPSA) is 81.0 Å². The van der Waals surface area contributed by atoms with E-state index in [4.69, 9.17) is 16.3 Å². The Morgan fingerprint density at radius 1 is 1.33 bits per heavy atom. The molecule has 0 atom stereocenters. The minimum atomic E-state index is 0.565. The summed E-state index contributed by atoms with van der Waals surface area (Å²) in [6.07, 6.45) is 0. The number of aryl methyl sites for hydroxylation is 1. The van der Waals surface area contributed by atoms with Crippen molar-refractivity contribution in [3.63, 3.8) is 0 Å². The maximum atomic E-state index is 6.12. The van der Waals surface area contributed by atoms with Gasteiger partial charge in [-0.3, -0.25) is 5.10 Å². The molecule has 0 unspecified atom stereocenters. The Morgan fingerprint density at radius 3 is 2.88 bits per heavy atom. The van der Waals surface area contributed by atoms with Gasteiger partial charge in [-0.05, 0) is 41.1 Å². The number of aromatic nitrogens is 6. The number of nitrogens with zero attached hydrogens (tertiary/aromatic N) is 5. The lowest BCUT2D eigenvalue weighted by molar-refractivity contribution is 0.416. The lowest BCUT2D eigenvalue weighted by Gasteiger charge is -2.06. The Bertz CT molecular complexity index is 1060. The van der Waals surface area contributed by atoms with Crippen molar-refractivity contribution in [1.82, 2.24) is 30.0 Å². The van der Waals surface area contributed by atoms with Gasteiger partial charge >= 0.3 is 0 Å². The van der Waals surface area contributed by atoms with Crippen molar-refractivity contribution in [3.05, 3.63) is 33.4 Å². The van der Waals surface area contributed by atoms with Crippen molar-refractivity contribution in [3.8, 4) is 27.8 Å². The van der Waals surface area contributed by atoms with Crippen LogP contribution in [0.2, 0.25) is 5.02 Å². The summed E-state index contributed by atoms with van der Waals surface area (Å²) in [5.74, 6) is 1.22. The van der Waals surface area contributed by atoms with Crippen LogP contribution in [0.1, 0.15) is 5.69 Å². The zero-order chi connectivity index (χ0) is 16.8. The van der Waals surface area contributed by atoms with Gasteiger partial charge in [-0.15, -0.1) is 10.2 Å². The third kappa shape index (κ3) is 2.40. The smallest absolute Gasteiger partial charge is 0.235 e. The zero-order valence-corrected chi connectivity index (χ0v) is 15.7. The van der Waals surface area contributed by atoms with Gasteiger partial charge in [0.15, 0.2) is 10.8 Å². The molecule has 1 aromatic carbocycles. The number of H-pyrrole nitrogens is 1. The normalized spacial score (nSPS) is 11.3. The van der Waals surface area contributed by atoms with Gasteiger partial charge in [0.1, 0.15) is 11.4 Å². The second-order valence-electron chi connectivity index (χ2n) is 4.98. The SMILES string of the molecule is COc1ccc(Cl)cc1-c1nnc2sc(-c3n[nH]c(C)c3Br)nn12. The van der Waals surface area contributed by atoms with E-state index in [9.17, 15) is 0 Å². The second kappa shape index (κ2) is 5.83. The van der Waals surface area contributed by atoms with E-state index < -0.39 is 0 Å². The van der Waals surface area contributed by atoms with Gasteiger partial charge in [0, 0.05) is 10.7 Å². The molecule has 4 aromatic rings. The van der Waals surface area contributed by atoms with E-state index >= 15 is 0 Å². The molecule has 0 aliphatic rings. The van der Waals surface area contributed by atoms with Gasteiger partial charge in [-0.1, -0.05) is 22.9 Å². The van der Waals surface area contributed by atoms with Crippen LogP contribution in [0.15, 0.2) is 22.7 Å². The Morgan fingerprint density at radius 2 is 2.17 bits per heavy atom. The first-order valence-corrected chi connectivity index (χ1v) is 8.84. The maximum absolute atomic E-state index is 6.12. The molecule has 0 saturated carbocycles. The minimum absolute atomic E-state index is 0.565. The van der Waals surface area contributed by atoms with Gasteiger partial charge in [-0.2, -0.15) is 14.7 Å². The number of benzene rings is 1. The fraction of sp³-hybridized carbons (Fsp3) is 0.143. The van der Waals surface area contributed by atoms with Crippen LogP contribution in [0.3, 0.4) is 0 Å². The van der Waals surface area contributed by atoms with Crippen LogP contribution < -0.4 is 4.74 Å². The number of hydrogen-bond donors (Lipinski definition) is 1. The summed E-state index contributed by atoms with van der Waals surface area (Å²) in [6, 6.07) is 5.34. The average Bonchev–Trinajstić information content (AvgIpc) is 3.23. The van der Waals surface area contributed by atoms with E-state index in [1.54, 1.807) is 29.8 Å². The largest absolute Gasteiger partial charge is 0.496 e. The highest BCUT2D eigenvalue weighted by atomic mass is 79.9. The monoisotopic (exact) mass is 424 g/mol. The van der Waals surface area contributed by atoms with E-state index in [2.05, 4.69) is 41.4 Å². The van der Waals surface area contributed by atoms with Crippen molar-refractivity contribution in [2.75, 3.05) is 7.11 Å². The van der Waals surface area contributed by atoms with Crippen LogP contribution in [0, 0.1) is 6.92 Å². The number of fused-ring (bicyclic) bond motifs is 1. The molecule has 0 bridgehead atoms. The molecular weight excluding hydrogens is 416 g/mol. The summed E-state index contributed by atoms with van der Waals surface area (Å²) in [7, 11) is 1.60. The van der Waals surface area contributed by atoms with E-state index in [-0.39, 0.29) is 0 Å². The van der Waals surface area contributed by atoms with Crippen LogP contribution in [0.4, 0.5) is 0 Å². The first-order chi connectivity index (χ1) is 11.6. The molecule has 7 nitrogen and oxygen atoms in total. The number of halogens is 2. The van der Waals surface area contributed by atoms with Crippen LogP contribution in [-0.2, 0) is 0 Å². The van der Waals surface area contributed by atoms with Gasteiger partial charge in [-0.25, -0.2) is 0 Å². The average molecular weight is 426 g/mol. The Hall–Kier alpha value is -1.97. The molecule has 0 saturated heterocycles. The predicted octanol–water partition coefficient (Wildman–Crippen LogP) is 3.98. The lowest BCUT2D eigenvalue weighted by atomic mass is 10.2. The van der Waals surface area contributed by atoms with Gasteiger partial charge < -0.3 is 4.74 Å². The molecule has 24 heavy (non-hydrogen) atoms. The molecule has 122 valence electrons. The van der Waals surface area contributed by atoms with Gasteiger partial charge in [0.05, 0.1) is 17.1 Å². The number of aromatic amines is 1. The molecule has 1 N–H and O–H groups in total. The minimum Gasteiger partial charge on any atom is -0.496 e. The Labute approximate surface area is 153 Å². The third-order valence-corrected chi connectivity index (χ3v) is 5.58. The van der Waals surface area contributed by atoms with E-state index in [1.807, 2.05) is 6.92 Å². The Balaban J connectivity index is 1.90. The number of ether oxygens (including phenoxy) is 1. The number of methoxy groups -OCH3 is 1. The highest BCUT2D eigenvalue weighted by Gasteiger charge is 2.20. The summed E-state index contributed by atoms with van der Waals surface area (Å²) < 4.78 is 7.95. The van der Waals surface area contributed by atoms with Crippen LogP contribution in [-0.4, -0.2) is 37.1 Å². The number of rotatable bonds is 3. The zero-order valence-electron chi connectivity index (χ0n) is 12.5. The van der Waals surface area contributed by atoms with Crippen molar-refractivity contribution in [2.45, 2.75) is 6.92 Å². The van der Waals surface area contributed by atoms with Crippen molar-refractivity contribution >= 4 is 43.8 Å². The first kappa shape index (κ1) is 15.6. The van der Waals surface area contributed by atoms with E-state index in [1.165, 1.54) is 11.3 Å². The van der Waals surface area contributed by atoms with Crippen molar-refractivity contribution in [1.29, 1.82) is 0 Å². The van der Waals surface area contributed by atoms with Crippen LogP contribution in [0.25, 0.3) is 27.1 Å². The molecule has 0 fully saturated rings. The predicted molar refractivity (Wildman–Crippen MR) is 95.7 cm³/mol. The van der Waals surface area contributed by atoms with Gasteiger partial charge in [0.25, 0.3) is 0 Å². The molecule has 0 aliphatic carbocycles. The number of hydrogen-bond acceptors (Lipinski definition) is 6. The fourth-order valence-electron chi connectivity index (χ4n) is 2.29. The quantitative estimate of drug-likeness (QED) is 0.537. The molecule has 10 heteroatoms. The molecule has 0 radical (unpaired) electrons. The highest BCUT2D eigenvalue weighted by molar-refractivity contribution is 9.10. The molecule has 3 aromatic heterocycles. The summed E-state index contributed by atoms with van der Waals surface area (Å²) in [6.45, 7) is 1.93. The summed E-state index contributed by atoms with van der Waals surface area (Å²) in [5, 5.41) is 21.5. The molecule has 0 aliphatic heterocycles. The fourth-order valence-corrected chi connectivity index (χ4v) is 3.80. The number of nitrogens with one attached hydrogen (secondary N) is 1. The van der Waals surface area contributed by atoms with Crippen LogP contribution >= 0.6 is 38.9 Å². The summed E-state index contributed by atoms with van der Waals surface area (Å²) >= 11 is 11.0. The highest BCUT2D eigenvalue weighted by Crippen LogP contribution is 2.35. The van der Waals surface area contributed by atoms with Gasteiger partial charge in [0.2, 0.25) is 4.96 Å². The molecule has 3 heterocycles. The second-order valence-corrected chi connectivity index (χ2v) is 7.17. The summed E-state index contributed by atoms with van der Waals surface area (Å²) in [4.78, 5) is 0.662. The van der Waals surface area contributed by atoms with Crippen molar-refractivity contribution in [2.24, 2.45) is 0 Å². The lowest BCUT2D eigenvalue weighted by Crippen LogP contribution is -1.94. The van der Waals surface area contributed by atoms with E-state index in [0.717, 1.165) is 26.4 Å². The van der Waals surface area contributed by atoms with Crippen molar-refractivity contribution < 1.29 is 4.74 Å². The summed E-state index contributed by atoms with van der Waals surface area (Å²) in [5.41, 5.74) is 2.41. The van der Waals surface area contributed by atoms with Crippen LogP contribution in [0.5, 0.6) is 5.75 Å². The van der Waals surface area contributed by atoms with E-state index in [0.29, 0.717) is 21.6 Å². The first-order valence-electron chi connectivity index (χ1n) is 6.85. The molecule has 0 spiro atoms. The Kier molecular flexibility index (Phi) is 3.78. The molecule has 0 amide bonds. The standard InChI is InChI=1S/C14H10BrClN6OS/c1-6-10(15)11(18-17-6)13-21-22-12(19-20-14(22)24-13)8-5-7(16)3-4-9(8)23-2/h3-5H,1-2H3,(H,17,18). The molecule has 4 rings (SSSR count).